The number of benzene rings is 1. The highest BCUT2D eigenvalue weighted by Crippen LogP contribution is 2.14. The third-order valence-corrected chi connectivity index (χ3v) is 4.03. The summed E-state index contributed by atoms with van der Waals surface area (Å²) >= 11 is 1.50. The Labute approximate surface area is 132 Å². The molecule has 22 heavy (non-hydrogen) atoms. The number of nitrogens with one attached hydrogen (secondary N) is 1. The quantitative estimate of drug-likeness (QED) is 0.788. The minimum absolute atomic E-state index is 0.138. The topological polar surface area (TPSA) is 54.9 Å². The molecule has 0 bridgehead atoms. The summed E-state index contributed by atoms with van der Waals surface area (Å²) < 4.78 is 0. The highest BCUT2D eigenvalue weighted by molar-refractivity contribution is 7.09. The second-order valence-corrected chi connectivity index (χ2v) is 5.77. The van der Waals surface area contributed by atoms with Crippen molar-refractivity contribution >= 4 is 17.2 Å². The summed E-state index contributed by atoms with van der Waals surface area (Å²) in [5.41, 5.74) is 2.69. The predicted octanol–water partition coefficient (Wildman–Crippen LogP) is 3.06. The fourth-order valence-electron chi connectivity index (χ4n) is 2.04. The number of aromatic nitrogens is 2. The van der Waals surface area contributed by atoms with E-state index in [-0.39, 0.29) is 5.91 Å². The summed E-state index contributed by atoms with van der Waals surface area (Å²) in [6.07, 6.45) is 4.24. The lowest BCUT2D eigenvalue weighted by Gasteiger charge is -2.02. The Balaban J connectivity index is 1.60. The summed E-state index contributed by atoms with van der Waals surface area (Å²) in [4.78, 5) is 20.5. The Bertz CT molecular complexity index is 741. The number of rotatable bonds is 5. The molecule has 1 aromatic carbocycles. The Kier molecular flexibility index (Phi) is 4.56. The first-order valence-corrected chi connectivity index (χ1v) is 7.84. The Morgan fingerprint density at radius 1 is 1.05 bits per heavy atom. The fourth-order valence-corrected chi connectivity index (χ4v) is 2.85. The largest absolute Gasteiger partial charge is 0.347 e. The highest BCUT2D eigenvalue weighted by atomic mass is 32.1. The van der Waals surface area contributed by atoms with E-state index in [0.717, 1.165) is 22.6 Å². The zero-order chi connectivity index (χ0) is 15.2. The SMILES string of the molecule is O=C(NCc1ccccc1)c1csc(Cc2ccncc2)n1. The van der Waals surface area contributed by atoms with Crippen LogP contribution in [0.4, 0.5) is 0 Å². The van der Waals surface area contributed by atoms with E-state index in [4.69, 9.17) is 0 Å². The zero-order valence-corrected chi connectivity index (χ0v) is 12.7. The number of nitrogens with zero attached hydrogens (tertiary/aromatic N) is 2. The van der Waals surface area contributed by atoms with Gasteiger partial charge in [0.1, 0.15) is 5.69 Å². The van der Waals surface area contributed by atoms with Crippen molar-refractivity contribution in [2.45, 2.75) is 13.0 Å². The molecule has 3 aromatic rings. The van der Waals surface area contributed by atoms with Crippen molar-refractivity contribution in [2.75, 3.05) is 0 Å². The summed E-state index contributed by atoms with van der Waals surface area (Å²) in [5.74, 6) is -0.138. The van der Waals surface area contributed by atoms with E-state index in [2.05, 4.69) is 15.3 Å². The number of hydrogen-bond acceptors (Lipinski definition) is 4. The van der Waals surface area contributed by atoms with Gasteiger partial charge in [0.2, 0.25) is 0 Å². The molecule has 0 radical (unpaired) electrons. The van der Waals surface area contributed by atoms with Gasteiger partial charge >= 0.3 is 0 Å². The van der Waals surface area contributed by atoms with Crippen LogP contribution in [0.1, 0.15) is 26.6 Å². The molecule has 0 unspecified atom stereocenters. The number of thiazole rings is 1. The summed E-state index contributed by atoms with van der Waals surface area (Å²) in [7, 11) is 0. The third kappa shape index (κ3) is 3.77. The van der Waals surface area contributed by atoms with Crippen LogP contribution in [0.5, 0.6) is 0 Å². The van der Waals surface area contributed by atoms with Crippen molar-refractivity contribution in [1.29, 1.82) is 0 Å². The zero-order valence-electron chi connectivity index (χ0n) is 11.9. The van der Waals surface area contributed by atoms with Crippen LogP contribution in [0, 0.1) is 0 Å². The van der Waals surface area contributed by atoms with E-state index in [0.29, 0.717) is 12.2 Å². The second kappa shape index (κ2) is 6.95. The first-order chi connectivity index (χ1) is 10.8. The fraction of sp³-hybridized carbons (Fsp3) is 0.118. The van der Waals surface area contributed by atoms with Gasteiger partial charge in [-0.3, -0.25) is 9.78 Å². The molecule has 2 aromatic heterocycles. The molecule has 3 rings (SSSR count). The van der Waals surface area contributed by atoms with Gasteiger partial charge in [-0.25, -0.2) is 4.98 Å². The van der Waals surface area contributed by atoms with Gasteiger partial charge in [-0.05, 0) is 23.3 Å². The van der Waals surface area contributed by atoms with Crippen LogP contribution in [-0.2, 0) is 13.0 Å². The molecular formula is C17H15N3OS. The van der Waals surface area contributed by atoms with E-state index in [1.54, 1.807) is 17.8 Å². The van der Waals surface area contributed by atoms with E-state index in [1.165, 1.54) is 11.3 Å². The molecule has 4 nitrogen and oxygen atoms in total. The highest BCUT2D eigenvalue weighted by Gasteiger charge is 2.10. The number of amides is 1. The van der Waals surface area contributed by atoms with Crippen LogP contribution in [0.25, 0.3) is 0 Å². The van der Waals surface area contributed by atoms with Crippen LogP contribution in [-0.4, -0.2) is 15.9 Å². The van der Waals surface area contributed by atoms with Crippen molar-refractivity contribution < 1.29 is 4.79 Å². The maximum atomic E-state index is 12.1. The van der Waals surface area contributed by atoms with E-state index < -0.39 is 0 Å². The van der Waals surface area contributed by atoms with Gasteiger partial charge in [-0.2, -0.15) is 0 Å². The third-order valence-electron chi connectivity index (χ3n) is 3.18. The first-order valence-electron chi connectivity index (χ1n) is 6.97. The second-order valence-electron chi connectivity index (χ2n) is 4.83. The average Bonchev–Trinajstić information content (AvgIpc) is 3.03. The van der Waals surface area contributed by atoms with Gasteiger partial charge in [0.05, 0.1) is 5.01 Å². The normalized spacial score (nSPS) is 10.4. The molecule has 0 aliphatic rings. The van der Waals surface area contributed by atoms with Crippen LogP contribution < -0.4 is 5.32 Å². The molecule has 0 saturated heterocycles. The first kappa shape index (κ1) is 14.4. The molecule has 0 saturated carbocycles. The molecule has 5 heteroatoms. The number of pyridine rings is 1. The summed E-state index contributed by atoms with van der Waals surface area (Å²) in [5, 5.41) is 5.62. The van der Waals surface area contributed by atoms with E-state index >= 15 is 0 Å². The van der Waals surface area contributed by atoms with Crippen LogP contribution >= 0.6 is 11.3 Å². The summed E-state index contributed by atoms with van der Waals surface area (Å²) in [6.45, 7) is 0.511. The molecule has 0 atom stereocenters. The van der Waals surface area contributed by atoms with Gasteiger partial charge in [0.25, 0.3) is 5.91 Å². The Hall–Kier alpha value is -2.53. The molecule has 0 fully saturated rings. The lowest BCUT2D eigenvalue weighted by molar-refractivity contribution is 0.0946. The molecule has 2 heterocycles. The van der Waals surface area contributed by atoms with E-state index in [9.17, 15) is 4.79 Å². The minimum Gasteiger partial charge on any atom is -0.347 e. The molecule has 0 aliphatic carbocycles. The standard InChI is InChI=1S/C17H15N3OS/c21-17(19-11-14-4-2-1-3-5-14)15-12-22-16(20-15)10-13-6-8-18-9-7-13/h1-9,12H,10-11H2,(H,19,21). The van der Waals surface area contributed by atoms with Gasteiger partial charge in [0.15, 0.2) is 0 Å². The maximum absolute atomic E-state index is 12.1. The number of carbonyl (C=O) groups is 1. The van der Waals surface area contributed by atoms with Crippen LogP contribution in [0.2, 0.25) is 0 Å². The minimum atomic E-state index is -0.138. The van der Waals surface area contributed by atoms with E-state index in [1.807, 2.05) is 42.5 Å². The van der Waals surface area contributed by atoms with Crippen LogP contribution in [0.3, 0.4) is 0 Å². The van der Waals surface area contributed by atoms with Crippen molar-refractivity contribution in [3.05, 3.63) is 82.1 Å². The molecule has 0 aliphatic heterocycles. The van der Waals surface area contributed by atoms with Gasteiger partial charge < -0.3 is 5.32 Å². The molecular weight excluding hydrogens is 294 g/mol. The van der Waals surface area contributed by atoms with Gasteiger partial charge in [-0.1, -0.05) is 30.3 Å². The predicted molar refractivity (Wildman–Crippen MR) is 86.8 cm³/mol. The van der Waals surface area contributed by atoms with Crippen molar-refractivity contribution in [1.82, 2.24) is 15.3 Å². The molecule has 110 valence electrons. The smallest absolute Gasteiger partial charge is 0.271 e. The molecule has 1 N–H and O–H groups in total. The van der Waals surface area contributed by atoms with Gasteiger partial charge in [0, 0.05) is 30.7 Å². The molecule has 0 spiro atoms. The average molecular weight is 309 g/mol. The molecule has 1 amide bonds. The van der Waals surface area contributed by atoms with Crippen molar-refractivity contribution in [3.63, 3.8) is 0 Å². The lowest BCUT2D eigenvalue weighted by Crippen LogP contribution is -2.23. The van der Waals surface area contributed by atoms with Crippen LogP contribution in [0.15, 0.2) is 60.2 Å². The van der Waals surface area contributed by atoms with Crippen molar-refractivity contribution in [3.8, 4) is 0 Å². The Morgan fingerprint density at radius 2 is 1.82 bits per heavy atom. The lowest BCUT2D eigenvalue weighted by atomic mass is 10.2. The van der Waals surface area contributed by atoms with Gasteiger partial charge in [-0.15, -0.1) is 11.3 Å². The maximum Gasteiger partial charge on any atom is 0.271 e. The number of hydrogen-bond donors (Lipinski definition) is 1. The monoisotopic (exact) mass is 309 g/mol. The van der Waals surface area contributed by atoms with Crippen molar-refractivity contribution in [2.24, 2.45) is 0 Å². The summed E-state index contributed by atoms with van der Waals surface area (Å²) in [6, 6.07) is 13.7. The Morgan fingerprint density at radius 3 is 2.59 bits per heavy atom. The number of carbonyl (C=O) groups excluding carboxylic acids is 1.